The second-order valence-corrected chi connectivity index (χ2v) is 6.08. The molecule has 0 saturated carbocycles. The van der Waals surface area contributed by atoms with Crippen LogP contribution in [0.2, 0.25) is 0 Å². The normalized spacial score (nSPS) is 14.9. The molecule has 25 heavy (non-hydrogen) atoms. The second kappa shape index (κ2) is 8.60. The number of hydrogen-bond acceptors (Lipinski definition) is 5. The van der Waals surface area contributed by atoms with E-state index in [0.717, 1.165) is 50.6 Å². The molecule has 0 unspecified atom stereocenters. The number of aromatic nitrogens is 1. The Labute approximate surface area is 148 Å². The highest BCUT2D eigenvalue weighted by atomic mass is 16.5. The summed E-state index contributed by atoms with van der Waals surface area (Å²) in [6.07, 6.45) is 1.74. The van der Waals surface area contributed by atoms with Gasteiger partial charge in [-0.05, 0) is 30.7 Å². The number of nitrogens with zero attached hydrogens (tertiary/aromatic N) is 2. The molecule has 1 fully saturated rings. The van der Waals surface area contributed by atoms with Gasteiger partial charge in [0.05, 0.1) is 25.1 Å². The van der Waals surface area contributed by atoms with Gasteiger partial charge in [0.25, 0.3) is 5.91 Å². The molecule has 6 heteroatoms. The lowest BCUT2D eigenvalue weighted by Gasteiger charge is -2.26. The third-order valence-electron chi connectivity index (χ3n) is 4.26. The van der Waals surface area contributed by atoms with E-state index >= 15 is 0 Å². The molecule has 3 rings (SSSR count). The Morgan fingerprint density at radius 1 is 1.20 bits per heavy atom. The zero-order valence-corrected chi connectivity index (χ0v) is 14.5. The van der Waals surface area contributed by atoms with Crippen molar-refractivity contribution in [1.29, 1.82) is 0 Å². The van der Waals surface area contributed by atoms with Crippen LogP contribution in [-0.2, 0) is 4.74 Å². The molecule has 0 bridgehead atoms. The first kappa shape index (κ1) is 17.4. The van der Waals surface area contributed by atoms with Crippen LogP contribution in [0.4, 0.5) is 11.5 Å². The maximum atomic E-state index is 12.3. The van der Waals surface area contributed by atoms with Crippen molar-refractivity contribution >= 4 is 17.4 Å². The van der Waals surface area contributed by atoms with Crippen molar-refractivity contribution in [3.8, 4) is 0 Å². The minimum atomic E-state index is -0.140. The van der Waals surface area contributed by atoms with Crippen LogP contribution in [0, 0.1) is 6.92 Å². The maximum absolute atomic E-state index is 12.3. The highest BCUT2D eigenvalue weighted by Gasteiger charge is 2.10. The zero-order chi connectivity index (χ0) is 17.5. The summed E-state index contributed by atoms with van der Waals surface area (Å²) in [5.41, 5.74) is 2.56. The SMILES string of the molecule is Cc1ccccc1C(=O)Nc1ccc(NCCN2CCOCC2)cn1. The van der Waals surface area contributed by atoms with Crippen molar-refractivity contribution in [3.05, 3.63) is 53.7 Å². The largest absolute Gasteiger partial charge is 0.383 e. The molecule has 1 aromatic heterocycles. The van der Waals surface area contributed by atoms with Crippen LogP contribution in [0.15, 0.2) is 42.6 Å². The summed E-state index contributed by atoms with van der Waals surface area (Å²) in [5, 5.41) is 6.19. The minimum absolute atomic E-state index is 0.140. The van der Waals surface area contributed by atoms with E-state index in [1.165, 1.54) is 0 Å². The van der Waals surface area contributed by atoms with E-state index < -0.39 is 0 Å². The average molecular weight is 340 g/mol. The number of morpholine rings is 1. The lowest BCUT2D eigenvalue weighted by molar-refractivity contribution is 0.0398. The quantitative estimate of drug-likeness (QED) is 0.845. The maximum Gasteiger partial charge on any atom is 0.257 e. The molecule has 1 amide bonds. The van der Waals surface area contributed by atoms with Crippen LogP contribution in [0.5, 0.6) is 0 Å². The van der Waals surface area contributed by atoms with Crippen LogP contribution in [0.3, 0.4) is 0 Å². The molecule has 2 N–H and O–H groups in total. The fourth-order valence-corrected chi connectivity index (χ4v) is 2.77. The molecule has 0 spiro atoms. The van der Waals surface area contributed by atoms with E-state index in [1.54, 1.807) is 6.20 Å². The van der Waals surface area contributed by atoms with Crippen LogP contribution in [0.1, 0.15) is 15.9 Å². The average Bonchev–Trinajstić information content (AvgIpc) is 2.64. The molecular weight excluding hydrogens is 316 g/mol. The Kier molecular flexibility index (Phi) is 5.98. The number of ether oxygens (including phenoxy) is 1. The molecule has 1 saturated heterocycles. The molecule has 1 aliphatic rings. The fourth-order valence-electron chi connectivity index (χ4n) is 2.77. The summed E-state index contributed by atoms with van der Waals surface area (Å²) in [7, 11) is 0. The second-order valence-electron chi connectivity index (χ2n) is 6.08. The Hall–Kier alpha value is -2.44. The number of anilines is 2. The van der Waals surface area contributed by atoms with Gasteiger partial charge in [0.2, 0.25) is 0 Å². The predicted octanol–water partition coefficient (Wildman–Crippen LogP) is 2.39. The Morgan fingerprint density at radius 2 is 2.00 bits per heavy atom. The molecule has 2 aromatic rings. The topological polar surface area (TPSA) is 66.5 Å². The van der Waals surface area contributed by atoms with Gasteiger partial charge in [-0.3, -0.25) is 9.69 Å². The van der Waals surface area contributed by atoms with Crippen molar-refractivity contribution in [1.82, 2.24) is 9.88 Å². The lowest BCUT2D eigenvalue weighted by Crippen LogP contribution is -2.39. The number of carbonyl (C=O) groups is 1. The number of rotatable bonds is 6. The molecule has 132 valence electrons. The molecule has 0 atom stereocenters. The van der Waals surface area contributed by atoms with Gasteiger partial charge in [0.15, 0.2) is 0 Å². The van der Waals surface area contributed by atoms with E-state index in [2.05, 4.69) is 20.5 Å². The summed E-state index contributed by atoms with van der Waals surface area (Å²) in [4.78, 5) is 19.0. The number of aryl methyl sites for hydroxylation is 1. The standard InChI is InChI=1S/C19H24N4O2/c1-15-4-2-3-5-17(15)19(24)22-18-7-6-16(14-21-18)20-8-9-23-10-12-25-13-11-23/h2-7,14,20H,8-13H2,1H3,(H,21,22,24). The van der Waals surface area contributed by atoms with Crippen molar-refractivity contribution < 1.29 is 9.53 Å². The summed E-state index contributed by atoms with van der Waals surface area (Å²) < 4.78 is 5.34. The van der Waals surface area contributed by atoms with Gasteiger partial charge in [0, 0.05) is 31.7 Å². The predicted molar refractivity (Wildman–Crippen MR) is 99.1 cm³/mol. The first-order valence-electron chi connectivity index (χ1n) is 8.59. The lowest BCUT2D eigenvalue weighted by atomic mass is 10.1. The van der Waals surface area contributed by atoms with Crippen molar-refractivity contribution in [3.63, 3.8) is 0 Å². The monoisotopic (exact) mass is 340 g/mol. The number of amides is 1. The Bertz CT molecular complexity index is 697. The number of benzene rings is 1. The first-order valence-corrected chi connectivity index (χ1v) is 8.59. The highest BCUT2D eigenvalue weighted by molar-refractivity contribution is 6.04. The van der Waals surface area contributed by atoms with Crippen LogP contribution < -0.4 is 10.6 Å². The molecule has 1 aromatic carbocycles. The van der Waals surface area contributed by atoms with E-state index in [1.807, 2.05) is 43.3 Å². The fraction of sp³-hybridized carbons (Fsp3) is 0.368. The smallest absolute Gasteiger partial charge is 0.257 e. The number of hydrogen-bond donors (Lipinski definition) is 2. The number of carbonyl (C=O) groups excluding carboxylic acids is 1. The van der Waals surface area contributed by atoms with Crippen molar-refractivity contribution in [2.45, 2.75) is 6.92 Å². The van der Waals surface area contributed by atoms with Gasteiger partial charge >= 0.3 is 0 Å². The number of nitrogens with one attached hydrogen (secondary N) is 2. The van der Waals surface area contributed by atoms with Gasteiger partial charge in [-0.2, -0.15) is 0 Å². The van der Waals surface area contributed by atoms with Crippen molar-refractivity contribution in [2.24, 2.45) is 0 Å². The van der Waals surface area contributed by atoms with Gasteiger partial charge < -0.3 is 15.4 Å². The third kappa shape index (κ3) is 5.01. The molecule has 1 aliphatic heterocycles. The summed E-state index contributed by atoms with van der Waals surface area (Å²) >= 11 is 0. The molecular formula is C19H24N4O2. The molecule has 2 heterocycles. The summed E-state index contributed by atoms with van der Waals surface area (Å²) in [5.74, 6) is 0.408. The van der Waals surface area contributed by atoms with E-state index in [0.29, 0.717) is 11.4 Å². The van der Waals surface area contributed by atoms with Crippen LogP contribution >= 0.6 is 0 Å². The van der Waals surface area contributed by atoms with Gasteiger partial charge in [0.1, 0.15) is 5.82 Å². The Morgan fingerprint density at radius 3 is 2.72 bits per heavy atom. The summed E-state index contributed by atoms with van der Waals surface area (Å²) in [6.45, 7) is 7.37. The molecule has 0 aliphatic carbocycles. The first-order chi connectivity index (χ1) is 12.2. The molecule has 6 nitrogen and oxygen atoms in total. The van der Waals surface area contributed by atoms with E-state index in [4.69, 9.17) is 4.74 Å². The van der Waals surface area contributed by atoms with Gasteiger partial charge in [-0.25, -0.2) is 4.98 Å². The Balaban J connectivity index is 1.48. The van der Waals surface area contributed by atoms with Gasteiger partial charge in [-0.15, -0.1) is 0 Å². The summed E-state index contributed by atoms with van der Waals surface area (Å²) in [6, 6.07) is 11.3. The van der Waals surface area contributed by atoms with Crippen molar-refractivity contribution in [2.75, 3.05) is 50.0 Å². The van der Waals surface area contributed by atoms with Crippen LogP contribution in [-0.4, -0.2) is 55.2 Å². The third-order valence-corrected chi connectivity index (χ3v) is 4.26. The van der Waals surface area contributed by atoms with Gasteiger partial charge in [-0.1, -0.05) is 18.2 Å². The minimum Gasteiger partial charge on any atom is -0.383 e. The molecule has 0 radical (unpaired) electrons. The van der Waals surface area contributed by atoms with E-state index in [9.17, 15) is 4.79 Å². The number of pyridine rings is 1. The van der Waals surface area contributed by atoms with Crippen LogP contribution in [0.25, 0.3) is 0 Å². The zero-order valence-electron chi connectivity index (χ0n) is 14.5. The highest BCUT2D eigenvalue weighted by Crippen LogP contribution is 2.13. The van der Waals surface area contributed by atoms with E-state index in [-0.39, 0.29) is 5.91 Å².